The summed E-state index contributed by atoms with van der Waals surface area (Å²) in [5, 5.41) is 12.4. The number of halogens is 1. The molecule has 36 heavy (non-hydrogen) atoms. The van der Waals surface area contributed by atoms with Crippen molar-refractivity contribution in [2.45, 2.75) is 33.1 Å². The number of hydrogen-bond acceptors (Lipinski definition) is 5. The highest BCUT2D eigenvalue weighted by atomic mass is 35.5. The zero-order valence-electron chi connectivity index (χ0n) is 19.5. The van der Waals surface area contributed by atoms with Crippen molar-refractivity contribution in [1.82, 2.24) is 15.3 Å². The van der Waals surface area contributed by atoms with Crippen molar-refractivity contribution < 1.29 is 19.4 Å². The van der Waals surface area contributed by atoms with Crippen LogP contribution in [0.3, 0.4) is 0 Å². The Balaban J connectivity index is 1.49. The number of H-pyrrole nitrogens is 1. The maximum absolute atomic E-state index is 12.9. The fraction of sp³-hybridized carbons (Fsp3) is 0.185. The van der Waals surface area contributed by atoms with Crippen LogP contribution in [-0.2, 0) is 30.9 Å². The number of rotatable bonds is 9. The summed E-state index contributed by atoms with van der Waals surface area (Å²) in [6.07, 6.45) is 0.896. The number of amides is 1. The number of nitrogens with zero attached hydrogens (tertiary/aromatic N) is 1. The third-order valence-electron chi connectivity index (χ3n) is 5.71. The van der Waals surface area contributed by atoms with Crippen LogP contribution in [-0.4, -0.2) is 27.0 Å². The van der Waals surface area contributed by atoms with Crippen LogP contribution in [0.25, 0.3) is 10.9 Å². The summed E-state index contributed by atoms with van der Waals surface area (Å²) >= 11 is 6.35. The molecule has 0 saturated heterocycles. The molecule has 0 saturated carbocycles. The van der Waals surface area contributed by atoms with Gasteiger partial charge in [-0.1, -0.05) is 54.9 Å². The van der Waals surface area contributed by atoms with Crippen molar-refractivity contribution in [2.24, 2.45) is 0 Å². The number of aryl methyl sites for hydroxylation is 1. The number of benzene rings is 3. The first-order chi connectivity index (χ1) is 17.4. The molecule has 0 unspecified atom stereocenters. The molecule has 0 aliphatic carbocycles. The lowest BCUT2D eigenvalue weighted by molar-refractivity contribution is 0.0696. The fourth-order valence-corrected chi connectivity index (χ4v) is 3.98. The van der Waals surface area contributed by atoms with Gasteiger partial charge in [-0.2, -0.15) is 0 Å². The molecule has 184 valence electrons. The summed E-state index contributed by atoms with van der Waals surface area (Å²) in [6.45, 7) is 2.59. The van der Waals surface area contributed by atoms with E-state index < -0.39 is 17.4 Å². The van der Waals surface area contributed by atoms with E-state index in [9.17, 15) is 14.4 Å². The molecule has 3 N–H and O–H groups in total. The Kier molecular flexibility index (Phi) is 7.77. The number of carbonyl (C=O) groups is 2. The number of nitrogens with one attached hydrogen (secondary N) is 2. The van der Waals surface area contributed by atoms with Gasteiger partial charge in [-0.3, -0.25) is 9.59 Å². The molecule has 9 heteroatoms. The lowest BCUT2D eigenvalue weighted by atomic mass is 10.1. The van der Waals surface area contributed by atoms with Crippen molar-refractivity contribution in [3.8, 4) is 0 Å². The Morgan fingerprint density at radius 3 is 2.50 bits per heavy atom. The van der Waals surface area contributed by atoms with Gasteiger partial charge in [-0.05, 0) is 47.4 Å². The first-order valence-electron chi connectivity index (χ1n) is 11.3. The van der Waals surface area contributed by atoms with Gasteiger partial charge in [0.1, 0.15) is 0 Å². The van der Waals surface area contributed by atoms with Gasteiger partial charge in [0, 0.05) is 17.1 Å². The lowest BCUT2D eigenvalue weighted by Crippen LogP contribution is -2.28. The molecule has 8 nitrogen and oxygen atoms in total. The van der Waals surface area contributed by atoms with E-state index in [2.05, 4.69) is 22.2 Å². The lowest BCUT2D eigenvalue weighted by Gasteiger charge is -2.11. The van der Waals surface area contributed by atoms with E-state index in [0.717, 1.165) is 17.5 Å². The zero-order chi connectivity index (χ0) is 25.7. The van der Waals surface area contributed by atoms with Crippen LogP contribution in [0.4, 0.5) is 0 Å². The highest BCUT2D eigenvalue weighted by molar-refractivity contribution is 6.32. The van der Waals surface area contributed by atoms with Gasteiger partial charge in [0.15, 0.2) is 5.82 Å². The molecule has 1 aromatic heterocycles. The van der Waals surface area contributed by atoms with Crippen LogP contribution in [0.1, 0.15) is 50.2 Å². The van der Waals surface area contributed by atoms with Crippen LogP contribution in [0, 0.1) is 0 Å². The smallest absolute Gasteiger partial charge is 0.335 e. The molecule has 4 aromatic rings. The molecule has 1 heterocycles. The molecular formula is C27H24ClN3O5. The molecule has 0 aliphatic rings. The largest absolute Gasteiger partial charge is 0.478 e. The van der Waals surface area contributed by atoms with Crippen LogP contribution >= 0.6 is 11.6 Å². The Morgan fingerprint density at radius 1 is 1.03 bits per heavy atom. The van der Waals surface area contributed by atoms with Crippen LogP contribution in [0.5, 0.6) is 0 Å². The van der Waals surface area contributed by atoms with E-state index in [1.54, 1.807) is 24.3 Å². The standard InChI is InChI=1S/C27H24ClN3O5/c1-2-16-4-3-5-18(12-16)13-29-26(33)24-30-22-11-10-21(28)20(23(22)25(32)31-24)15-36-14-17-6-8-19(9-7-17)27(34)35/h3-12H,2,13-15H2,1H3,(H,29,33)(H,34,35)(H,30,31,32). The van der Waals surface area contributed by atoms with Crippen LogP contribution in [0.2, 0.25) is 5.02 Å². The molecule has 0 spiro atoms. The summed E-state index contributed by atoms with van der Waals surface area (Å²) < 4.78 is 5.74. The summed E-state index contributed by atoms with van der Waals surface area (Å²) in [6, 6.07) is 17.4. The van der Waals surface area contributed by atoms with Gasteiger partial charge in [-0.15, -0.1) is 0 Å². The molecule has 0 bridgehead atoms. The molecule has 3 aromatic carbocycles. The van der Waals surface area contributed by atoms with Gasteiger partial charge < -0.3 is 20.1 Å². The van der Waals surface area contributed by atoms with E-state index in [4.69, 9.17) is 21.4 Å². The minimum Gasteiger partial charge on any atom is -0.478 e. The number of ether oxygens (including phenoxy) is 1. The fourth-order valence-electron chi connectivity index (χ4n) is 3.76. The van der Waals surface area contributed by atoms with Crippen molar-refractivity contribution in [3.63, 3.8) is 0 Å². The first-order valence-corrected chi connectivity index (χ1v) is 11.7. The maximum atomic E-state index is 12.9. The van der Waals surface area contributed by atoms with E-state index in [1.807, 2.05) is 24.3 Å². The predicted octanol–water partition coefficient (Wildman–Crippen LogP) is 4.48. The van der Waals surface area contributed by atoms with Gasteiger partial charge in [0.05, 0.1) is 29.7 Å². The van der Waals surface area contributed by atoms with E-state index in [-0.39, 0.29) is 30.0 Å². The highest BCUT2D eigenvalue weighted by Gasteiger charge is 2.16. The highest BCUT2D eigenvalue weighted by Crippen LogP contribution is 2.24. The summed E-state index contributed by atoms with van der Waals surface area (Å²) in [7, 11) is 0. The van der Waals surface area contributed by atoms with Crippen LogP contribution in [0.15, 0.2) is 65.5 Å². The third kappa shape index (κ3) is 5.79. The summed E-state index contributed by atoms with van der Waals surface area (Å²) in [5.74, 6) is -1.59. The maximum Gasteiger partial charge on any atom is 0.335 e. The topological polar surface area (TPSA) is 121 Å². The zero-order valence-corrected chi connectivity index (χ0v) is 20.3. The van der Waals surface area contributed by atoms with Gasteiger partial charge in [0.25, 0.3) is 11.5 Å². The van der Waals surface area contributed by atoms with Gasteiger partial charge in [-0.25, -0.2) is 9.78 Å². The summed E-state index contributed by atoms with van der Waals surface area (Å²) in [5.41, 5.74) is 3.36. The third-order valence-corrected chi connectivity index (χ3v) is 6.06. The molecule has 0 aliphatic heterocycles. The molecule has 0 fully saturated rings. The second-order valence-electron chi connectivity index (χ2n) is 8.19. The number of aromatic nitrogens is 2. The monoisotopic (exact) mass is 505 g/mol. The average molecular weight is 506 g/mol. The first kappa shape index (κ1) is 25.1. The van der Waals surface area contributed by atoms with Crippen LogP contribution < -0.4 is 10.9 Å². The normalized spacial score (nSPS) is 10.9. The van der Waals surface area contributed by atoms with E-state index >= 15 is 0 Å². The van der Waals surface area contributed by atoms with Gasteiger partial charge >= 0.3 is 5.97 Å². The van der Waals surface area contributed by atoms with Crippen molar-refractivity contribution in [3.05, 3.63) is 110 Å². The van der Waals surface area contributed by atoms with Crippen molar-refractivity contribution in [1.29, 1.82) is 0 Å². The quantitative estimate of drug-likeness (QED) is 0.308. The molecule has 0 radical (unpaired) electrons. The number of carbonyl (C=O) groups excluding carboxylic acids is 1. The molecule has 4 rings (SSSR count). The summed E-state index contributed by atoms with van der Waals surface area (Å²) in [4.78, 5) is 43.5. The Labute approximate surface area is 211 Å². The predicted molar refractivity (Wildman–Crippen MR) is 136 cm³/mol. The number of aromatic carboxylic acids is 1. The van der Waals surface area contributed by atoms with E-state index in [0.29, 0.717) is 22.6 Å². The number of hydrogen-bond donors (Lipinski definition) is 3. The number of carboxylic acids is 1. The average Bonchev–Trinajstić information content (AvgIpc) is 2.88. The van der Waals surface area contributed by atoms with Crippen molar-refractivity contribution in [2.75, 3.05) is 0 Å². The Hall–Kier alpha value is -4.01. The SMILES string of the molecule is CCc1cccc(CNC(=O)c2nc3ccc(Cl)c(COCc4ccc(C(=O)O)cc4)c3c(=O)[nH]2)c1. The van der Waals surface area contributed by atoms with E-state index in [1.165, 1.54) is 17.7 Å². The minimum atomic E-state index is -1.00. The minimum absolute atomic E-state index is 0.0287. The molecule has 0 atom stereocenters. The number of carboxylic acid groups (broad SMARTS) is 1. The second-order valence-corrected chi connectivity index (χ2v) is 8.59. The second kappa shape index (κ2) is 11.2. The Bertz CT molecular complexity index is 1480. The van der Waals surface area contributed by atoms with Gasteiger partial charge in [0.2, 0.25) is 0 Å². The van der Waals surface area contributed by atoms with Crippen molar-refractivity contribution >= 4 is 34.4 Å². The molecular weight excluding hydrogens is 482 g/mol. The number of fused-ring (bicyclic) bond motifs is 1. The molecule has 1 amide bonds. The number of aromatic amines is 1. The Morgan fingerprint density at radius 2 is 1.78 bits per heavy atom.